The first kappa shape index (κ1) is 51.5. The van der Waals surface area contributed by atoms with Crippen molar-refractivity contribution in [3.63, 3.8) is 0 Å². The highest BCUT2D eigenvalue weighted by molar-refractivity contribution is 6.32. The normalized spacial score (nSPS) is 19.1. The summed E-state index contributed by atoms with van der Waals surface area (Å²) < 4.78 is 47.9. The van der Waals surface area contributed by atoms with E-state index in [4.69, 9.17) is 54.2 Å². The first-order valence-corrected chi connectivity index (χ1v) is 20.1. The molecule has 0 bridgehead atoms. The number of aliphatic hydroxyl groups excluding tert-OH is 3. The number of methoxy groups -OCH3 is 3. The number of hydrogen-bond acceptors (Lipinski definition) is 17. The number of halogens is 1. The van der Waals surface area contributed by atoms with Crippen molar-refractivity contribution in [2.75, 3.05) is 60.9 Å². The summed E-state index contributed by atoms with van der Waals surface area (Å²) in [7, 11) is 3.80. The Labute approximate surface area is 364 Å². The van der Waals surface area contributed by atoms with Crippen molar-refractivity contribution >= 4 is 41.4 Å². The van der Waals surface area contributed by atoms with E-state index >= 15 is 0 Å². The summed E-state index contributed by atoms with van der Waals surface area (Å²) in [5.41, 5.74) is 0.690. The van der Waals surface area contributed by atoms with Gasteiger partial charge >= 0.3 is 18.0 Å². The van der Waals surface area contributed by atoms with Crippen LogP contribution in [0.15, 0.2) is 36.4 Å². The molecule has 3 rings (SSSR count). The summed E-state index contributed by atoms with van der Waals surface area (Å²) in [6, 6.07) is 9.01. The van der Waals surface area contributed by atoms with E-state index in [-0.39, 0.29) is 73.5 Å². The topological polar surface area (TPSA) is 265 Å². The molecule has 0 aliphatic carbocycles. The molecule has 6 atom stereocenters. The Kier molecular flexibility index (Phi) is 21.6. The zero-order valence-electron chi connectivity index (χ0n) is 35.6. The molecule has 1 saturated heterocycles. The Hall–Kier alpha value is -4.80. The lowest BCUT2D eigenvalue weighted by Gasteiger charge is -2.40. The first-order valence-electron chi connectivity index (χ1n) is 19.7. The maximum Gasteiger partial charge on any atom is 0.408 e. The van der Waals surface area contributed by atoms with Crippen LogP contribution >= 0.6 is 11.6 Å². The van der Waals surface area contributed by atoms with Crippen LogP contribution in [0, 0.1) is 0 Å². The molecule has 2 aromatic rings. The Morgan fingerprint density at radius 2 is 1.56 bits per heavy atom. The zero-order chi connectivity index (χ0) is 45.8. The fourth-order valence-electron chi connectivity index (χ4n) is 5.82. The molecule has 0 radical (unpaired) electrons. The molecular weight excluding hydrogens is 842 g/mol. The van der Waals surface area contributed by atoms with Crippen LogP contribution in [0.2, 0.25) is 5.02 Å². The van der Waals surface area contributed by atoms with E-state index in [1.54, 1.807) is 26.8 Å². The average Bonchev–Trinajstić information content (AvgIpc) is 3.23. The van der Waals surface area contributed by atoms with Gasteiger partial charge in [0.05, 0.1) is 39.1 Å². The van der Waals surface area contributed by atoms with E-state index in [9.17, 15) is 39.3 Å². The minimum absolute atomic E-state index is 0.0449. The molecule has 62 heavy (non-hydrogen) atoms. The molecule has 1 fully saturated rings. The second-order valence-corrected chi connectivity index (χ2v) is 15.3. The van der Waals surface area contributed by atoms with Gasteiger partial charge < -0.3 is 73.9 Å². The highest BCUT2D eigenvalue weighted by atomic mass is 35.5. The summed E-state index contributed by atoms with van der Waals surface area (Å²) in [5.74, 6) is -2.04. The summed E-state index contributed by atoms with van der Waals surface area (Å²) in [4.78, 5) is 61.7. The molecule has 0 spiro atoms. The molecule has 1 aliphatic heterocycles. The van der Waals surface area contributed by atoms with Gasteiger partial charge in [-0.25, -0.2) is 14.4 Å². The van der Waals surface area contributed by atoms with Crippen molar-refractivity contribution in [2.45, 2.75) is 95.5 Å². The molecule has 0 aromatic heterocycles. The zero-order valence-corrected chi connectivity index (χ0v) is 36.4. The van der Waals surface area contributed by atoms with Gasteiger partial charge in [-0.15, -0.1) is 0 Å². The van der Waals surface area contributed by atoms with E-state index in [0.29, 0.717) is 25.8 Å². The summed E-state index contributed by atoms with van der Waals surface area (Å²) >= 11 is 6.46. The van der Waals surface area contributed by atoms with Crippen molar-refractivity contribution in [1.29, 1.82) is 0 Å². The summed E-state index contributed by atoms with van der Waals surface area (Å²) in [5, 5.41) is 38.2. The molecule has 6 N–H and O–H groups in total. The largest absolute Gasteiger partial charge is 0.496 e. The quantitative estimate of drug-likeness (QED) is 0.0496. The Morgan fingerprint density at radius 1 is 0.887 bits per heavy atom. The van der Waals surface area contributed by atoms with Crippen LogP contribution in [-0.4, -0.2) is 148 Å². The average molecular weight is 900 g/mol. The lowest BCUT2D eigenvalue weighted by atomic mass is 9.99. The van der Waals surface area contributed by atoms with Crippen LogP contribution in [0.4, 0.5) is 4.79 Å². The smallest absolute Gasteiger partial charge is 0.408 e. The number of aliphatic hydroxyl groups is 3. The molecule has 1 aliphatic rings. The van der Waals surface area contributed by atoms with E-state index < -0.39 is 67.0 Å². The standard InChI is InChI=1S/C41H58ClN3O17/c1-41(2,3)62-40(53)45-28(38(52)55-5)12-7-8-13-43-32(47)22-57-14-15-58-23-33(48)44-19-24-10-9-11-25(16-24)21-59-30-18-29(54-4)26(17-27(30)42)37(51)61-36-35(50)34(49)31(20-46)60-39(36)56-6/h9-11,16-18,28,31,34-36,39,46,49-50H,7-8,12-15,19-23H2,1-6H3,(H,43,47)(H,44,48)(H,45,53)/t28-,31+,34+,35-,36+,39-/m0/s1. The van der Waals surface area contributed by atoms with Crippen molar-refractivity contribution in [1.82, 2.24) is 16.0 Å². The number of ether oxygens (including phenoxy) is 9. The van der Waals surface area contributed by atoms with Gasteiger partial charge in [-0.05, 0) is 57.2 Å². The number of amides is 3. The van der Waals surface area contributed by atoms with Gasteiger partial charge in [0.1, 0.15) is 66.8 Å². The number of rotatable bonds is 24. The van der Waals surface area contributed by atoms with Gasteiger partial charge in [0.25, 0.3) is 0 Å². The van der Waals surface area contributed by atoms with E-state index in [2.05, 4.69) is 16.0 Å². The van der Waals surface area contributed by atoms with Gasteiger partial charge in [-0.2, -0.15) is 0 Å². The second kappa shape index (κ2) is 26.0. The third-order valence-electron chi connectivity index (χ3n) is 8.91. The van der Waals surface area contributed by atoms with Crippen LogP contribution < -0.4 is 25.4 Å². The number of nitrogens with one attached hydrogen (secondary N) is 3. The van der Waals surface area contributed by atoms with Gasteiger partial charge in [0, 0.05) is 26.3 Å². The monoisotopic (exact) mass is 899 g/mol. The predicted octanol–water partition coefficient (Wildman–Crippen LogP) is 1.54. The number of esters is 2. The number of hydrogen-bond donors (Lipinski definition) is 6. The lowest BCUT2D eigenvalue weighted by Crippen LogP contribution is -2.60. The Morgan fingerprint density at radius 3 is 2.19 bits per heavy atom. The molecular formula is C41H58ClN3O17. The number of alkyl carbamates (subject to hydrolysis) is 1. The van der Waals surface area contributed by atoms with Crippen molar-refractivity contribution in [2.24, 2.45) is 0 Å². The van der Waals surface area contributed by atoms with E-state index in [1.165, 1.54) is 33.5 Å². The van der Waals surface area contributed by atoms with Crippen LogP contribution in [0.1, 0.15) is 61.5 Å². The maximum atomic E-state index is 13.2. The van der Waals surface area contributed by atoms with Gasteiger partial charge in [0.15, 0.2) is 12.4 Å². The molecule has 20 nitrogen and oxygen atoms in total. The summed E-state index contributed by atoms with van der Waals surface area (Å²) in [6.07, 6.45) is -6.41. The molecule has 2 aromatic carbocycles. The number of unbranched alkanes of at least 4 members (excludes halogenated alkanes) is 1. The molecule has 346 valence electrons. The van der Waals surface area contributed by atoms with Crippen molar-refractivity contribution in [3.05, 3.63) is 58.1 Å². The first-order chi connectivity index (χ1) is 29.5. The predicted molar refractivity (Wildman–Crippen MR) is 218 cm³/mol. The number of carbonyl (C=O) groups is 5. The fourth-order valence-corrected chi connectivity index (χ4v) is 6.03. The maximum absolute atomic E-state index is 13.2. The molecule has 1 heterocycles. The van der Waals surface area contributed by atoms with Crippen LogP contribution in [0.25, 0.3) is 0 Å². The van der Waals surface area contributed by atoms with Gasteiger partial charge in [0.2, 0.25) is 11.8 Å². The number of carbonyl (C=O) groups excluding carboxylic acids is 5. The molecule has 3 amide bonds. The molecule has 21 heteroatoms. The third kappa shape index (κ3) is 17.2. The summed E-state index contributed by atoms with van der Waals surface area (Å²) in [6.45, 7) is 4.84. The van der Waals surface area contributed by atoms with E-state index in [1.807, 2.05) is 18.2 Å². The lowest BCUT2D eigenvalue weighted by molar-refractivity contribution is -0.293. The SMILES string of the molecule is COC(=O)[C@H](CCCCNC(=O)COCCOCC(=O)NCc1cccc(COc2cc(OC)c(C(=O)O[C@H]3[C@@H](OC)O[C@H](CO)[C@@H](O)[C@@H]3O)cc2Cl)c1)NC(=O)OC(C)(C)C. The van der Waals surface area contributed by atoms with E-state index in [0.717, 1.165) is 11.1 Å². The van der Waals surface area contributed by atoms with Crippen LogP contribution in [0.5, 0.6) is 11.5 Å². The van der Waals surface area contributed by atoms with Crippen molar-refractivity contribution in [3.8, 4) is 11.5 Å². The molecule has 0 unspecified atom stereocenters. The number of benzene rings is 2. The van der Waals surface area contributed by atoms with Gasteiger partial charge in [-0.1, -0.05) is 35.9 Å². The minimum Gasteiger partial charge on any atom is -0.496 e. The highest BCUT2D eigenvalue weighted by Crippen LogP contribution is 2.35. The Balaban J connectivity index is 1.34. The highest BCUT2D eigenvalue weighted by Gasteiger charge is 2.47. The van der Waals surface area contributed by atoms with Crippen LogP contribution in [-0.2, 0) is 60.7 Å². The molecule has 0 saturated carbocycles. The third-order valence-corrected chi connectivity index (χ3v) is 9.20. The van der Waals surface area contributed by atoms with Crippen LogP contribution in [0.3, 0.4) is 0 Å². The second-order valence-electron chi connectivity index (χ2n) is 14.9. The van der Waals surface area contributed by atoms with Crippen molar-refractivity contribution < 1.29 is 81.9 Å². The minimum atomic E-state index is -1.62. The Bertz CT molecular complexity index is 1770. The van der Waals surface area contributed by atoms with Gasteiger partial charge in [-0.3, -0.25) is 9.59 Å². The fraction of sp³-hybridized carbons (Fsp3) is 0.585.